The molecule has 0 unspecified atom stereocenters. The Bertz CT molecular complexity index is 1380. The zero-order valence-corrected chi connectivity index (χ0v) is 24.4. The summed E-state index contributed by atoms with van der Waals surface area (Å²) < 4.78 is 40.8. The van der Waals surface area contributed by atoms with Gasteiger partial charge in [-0.05, 0) is 54.7 Å². The number of para-hydroxylation sites is 1. The number of amides is 2. The normalized spacial score (nSPS) is 12.0. The minimum absolute atomic E-state index is 0.00215. The van der Waals surface area contributed by atoms with Gasteiger partial charge in [0.05, 0.1) is 11.9 Å². The summed E-state index contributed by atoms with van der Waals surface area (Å²) in [5.74, 6) is -1.28. The van der Waals surface area contributed by atoms with Gasteiger partial charge in [0.15, 0.2) is 0 Å². The summed E-state index contributed by atoms with van der Waals surface area (Å²) in [4.78, 5) is 29.1. The van der Waals surface area contributed by atoms with E-state index in [9.17, 15) is 22.4 Å². The third kappa shape index (κ3) is 8.39. The molecule has 214 valence electrons. The molecule has 0 aliphatic rings. The third-order valence-electron chi connectivity index (χ3n) is 6.73. The van der Waals surface area contributed by atoms with Crippen LogP contribution in [0.25, 0.3) is 0 Å². The molecule has 2 amide bonds. The lowest BCUT2D eigenvalue weighted by Crippen LogP contribution is -2.53. The summed E-state index contributed by atoms with van der Waals surface area (Å²) in [7, 11) is -3.86. The molecule has 0 spiro atoms. The molecule has 1 atom stereocenters. The summed E-state index contributed by atoms with van der Waals surface area (Å²) >= 11 is 0. The molecular weight excluding hydrogens is 529 g/mol. The summed E-state index contributed by atoms with van der Waals surface area (Å²) in [5.41, 5.74) is 3.33. The van der Waals surface area contributed by atoms with Crippen LogP contribution in [0.2, 0.25) is 0 Å². The Morgan fingerprint density at radius 3 is 2.10 bits per heavy atom. The van der Waals surface area contributed by atoms with Crippen molar-refractivity contribution in [1.29, 1.82) is 0 Å². The van der Waals surface area contributed by atoms with Crippen LogP contribution in [0.4, 0.5) is 10.1 Å². The number of aryl methyl sites for hydroxylation is 2. The minimum Gasteiger partial charge on any atom is -0.354 e. The van der Waals surface area contributed by atoms with Gasteiger partial charge in [-0.3, -0.25) is 13.9 Å². The van der Waals surface area contributed by atoms with Crippen LogP contribution in [0, 0.1) is 19.7 Å². The first-order valence-electron chi connectivity index (χ1n) is 13.4. The molecule has 7 nitrogen and oxygen atoms in total. The molecule has 40 heavy (non-hydrogen) atoms. The SMILES string of the molecule is CCCCNC(=O)[C@H](Cc1ccccc1)N(Cc1ccc(F)cc1)C(=O)CN(c1c(C)cccc1C)S(C)(=O)=O. The van der Waals surface area contributed by atoms with Crippen LogP contribution in [0.1, 0.15) is 42.0 Å². The van der Waals surface area contributed by atoms with Gasteiger partial charge in [-0.2, -0.15) is 0 Å². The highest BCUT2D eigenvalue weighted by molar-refractivity contribution is 7.92. The first kappa shape index (κ1) is 30.8. The topological polar surface area (TPSA) is 86.8 Å². The van der Waals surface area contributed by atoms with Gasteiger partial charge in [-0.15, -0.1) is 0 Å². The van der Waals surface area contributed by atoms with E-state index in [2.05, 4.69) is 5.32 Å². The first-order valence-corrected chi connectivity index (χ1v) is 15.3. The lowest BCUT2D eigenvalue weighted by Gasteiger charge is -2.34. The zero-order valence-electron chi connectivity index (χ0n) is 23.6. The first-order chi connectivity index (χ1) is 19.0. The molecule has 0 fully saturated rings. The summed E-state index contributed by atoms with van der Waals surface area (Å²) in [6.45, 7) is 5.57. The molecule has 1 N–H and O–H groups in total. The zero-order chi connectivity index (χ0) is 29.3. The van der Waals surface area contributed by atoms with Crippen LogP contribution in [0.5, 0.6) is 0 Å². The number of nitrogens with zero attached hydrogens (tertiary/aromatic N) is 2. The molecule has 0 aliphatic heterocycles. The van der Waals surface area contributed by atoms with E-state index in [1.165, 1.54) is 17.0 Å². The molecule has 0 saturated carbocycles. The fourth-order valence-electron chi connectivity index (χ4n) is 4.62. The van der Waals surface area contributed by atoms with Crippen LogP contribution in [-0.2, 0) is 32.6 Å². The fourth-order valence-corrected chi connectivity index (χ4v) is 5.59. The molecule has 0 heterocycles. The van der Waals surface area contributed by atoms with Crippen molar-refractivity contribution in [2.24, 2.45) is 0 Å². The Morgan fingerprint density at radius 1 is 0.900 bits per heavy atom. The average molecular weight is 568 g/mol. The highest BCUT2D eigenvalue weighted by Gasteiger charge is 2.33. The molecular formula is C31H38FN3O4S. The lowest BCUT2D eigenvalue weighted by atomic mass is 10.0. The van der Waals surface area contributed by atoms with Crippen LogP contribution in [0.15, 0.2) is 72.8 Å². The predicted molar refractivity (Wildman–Crippen MR) is 157 cm³/mol. The molecule has 0 radical (unpaired) electrons. The van der Waals surface area contributed by atoms with Gasteiger partial charge in [0.2, 0.25) is 21.8 Å². The van der Waals surface area contributed by atoms with Crippen molar-refractivity contribution in [3.8, 4) is 0 Å². The Morgan fingerprint density at radius 2 is 1.52 bits per heavy atom. The van der Waals surface area contributed by atoms with Gasteiger partial charge in [0.25, 0.3) is 0 Å². The number of rotatable bonds is 13. The maximum Gasteiger partial charge on any atom is 0.244 e. The summed E-state index contributed by atoms with van der Waals surface area (Å²) in [5, 5.41) is 2.94. The van der Waals surface area contributed by atoms with Crippen molar-refractivity contribution >= 4 is 27.5 Å². The van der Waals surface area contributed by atoms with E-state index in [4.69, 9.17) is 0 Å². The molecule has 0 saturated heterocycles. The number of carbonyl (C=O) groups excluding carboxylic acids is 2. The smallest absolute Gasteiger partial charge is 0.244 e. The summed E-state index contributed by atoms with van der Waals surface area (Å²) in [6, 6.07) is 19.6. The van der Waals surface area contributed by atoms with Gasteiger partial charge in [-0.25, -0.2) is 12.8 Å². The van der Waals surface area contributed by atoms with Crippen molar-refractivity contribution in [2.75, 3.05) is 23.7 Å². The van der Waals surface area contributed by atoms with Crippen LogP contribution < -0.4 is 9.62 Å². The van der Waals surface area contributed by atoms with Gasteiger partial charge in [0.1, 0.15) is 18.4 Å². The van der Waals surface area contributed by atoms with Crippen LogP contribution >= 0.6 is 0 Å². The number of hydrogen-bond acceptors (Lipinski definition) is 4. The van der Waals surface area contributed by atoms with Crippen molar-refractivity contribution in [3.63, 3.8) is 0 Å². The fraction of sp³-hybridized carbons (Fsp3) is 0.355. The van der Waals surface area contributed by atoms with E-state index in [0.717, 1.165) is 29.0 Å². The molecule has 0 bridgehead atoms. The van der Waals surface area contributed by atoms with Gasteiger partial charge < -0.3 is 10.2 Å². The number of sulfonamides is 1. The summed E-state index contributed by atoms with van der Waals surface area (Å²) in [6.07, 6.45) is 2.97. The number of unbranched alkanes of at least 4 members (excludes halogenated alkanes) is 1. The average Bonchev–Trinajstić information content (AvgIpc) is 2.91. The standard InChI is InChI=1S/C31H38FN3O4S/c1-5-6-19-33-31(37)28(20-25-13-8-7-9-14-25)34(21-26-15-17-27(32)18-16-26)29(36)22-35(40(4,38)39)30-23(2)11-10-12-24(30)3/h7-18,28H,5-6,19-22H2,1-4H3,(H,33,37)/t28-/m0/s1. The highest BCUT2D eigenvalue weighted by Crippen LogP contribution is 2.27. The third-order valence-corrected chi connectivity index (χ3v) is 7.85. The Kier molecular flexibility index (Phi) is 10.8. The molecule has 3 aromatic rings. The van der Waals surface area contributed by atoms with E-state index in [0.29, 0.717) is 28.9 Å². The number of carbonyl (C=O) groups is 2. The number of hydrogen-bond donors (Lipinski definition) is 1. The Labute approximate surface area is 237 Å². The van der Waals surface area contributed by atoms with Crippen LogP contribution in [0.3, 0.4) is 0 Å². The predicted octanol–water partition coefficient (Wildman–Crippen LogP) is 4.76. The number of anilines is 1. The number of halogens is 1. The molecule has 0 aromatic heterocycles. The van der Waals surface area contributed by atoms with Crippen molar-refractivity contribution in [1.82, 2.24) is 10.2 Å². The molecule has 0 aliphatic carbocycles. The van der Waals surface area contributed by atoms with E-state index >= 15 is 0 Å². The van der Waals surface area contributed by atoms with E-state index < -0.39 is 34.3 Å². The highest BCUT2D eigenvalue weighted by atomic mass is 32.2. The van der Waals surface area contributed by atoms with Crippen molar-refractivity contribution in [3.05, 3.63) is 101 Å². The van der Waals surface area contributed by atoms with Gasteiger partial charge in [0, 0.05) is 19.5 Å². The van der Waals surface area contributed by atoms with E-state index in [-0.39, 0.29) is 18.9 Å². The van der Waals surface area contributed by atoms with Crippen molar-refractivity contribution in [2.45, 2.75) is 52.6 Å². The monoisotopic (exact) mass is 567 g/mol. The van der Waals surface area contributed by atoms with Crippen molar-refractivity contribution < 1.29 is 22.4 Å². The number of benzene rings is 3. The molecule has 3 aromatic carbocycles. The minimum atomic E-state index is -3.86. The number of nitrogens with one attached hydrogen (secondary N) is 1. The van der Waals surface area contributed by atoms with E-state index in [1.807, 2.05) is 43.3 Å². The maximum atomic E-state index is 14.1. The lowest BCUT2D eigenvalue weighted by molar-refractivity contribution is -0.140. The largest absolute Gasteiger partial charge is 0.354 e. The quantitative estimate of drug-likeness (QED) is 0.302. The second kappa shape index (κ2) is 14.1. The van der Waals surface area contributed by atoms with Gasteiger partial charge >= 0.3 is 0 Å². The Balaban J connectivity index is 2.06. The molecule has 9 heteroatoms. The van der Waals surface area contributed by atoms with E-state index in [1.54, 1.807) is 38.1 Å². The second-order valence-corrected chi connectivity index (χ2v) is 11.9. The van der Waals surface area contributed by atoms with Gasteiger partial charge in [-0.1, -0.05) is 74.0 Å². The maximum absolute atomic E-state index is 14.1. The Hall–Kier alpha value is -3.72. The second-order valence-electron chi connectivity index (χ2n) is 10.0. The van der Waals surface area contributed by atoms with Crippen LogP contribution in [-0.4, -0.2) is 50.5 Å². The molecule has 3 rings (SSSR count).